The Kier molecular flexibility index (Phi) is 3.27. The molecule has 1 aliphatic rings. The van der Waals surface area contributed by atoms with Gasteiger partial charge in [-0.3, -0.25) is 15.2 Å². The second kappa shape index (κ2) is 5.09. The second-order valence-electron chi connectivity index (χ2n) is 5.23. The Bertz CT molecular complexity index is 632. The summed E-state index contributed by atoms with van der Waals surface area (Å²) in [5.74, 6) is 0. The summed E-state index contributed by atoms with van der Waals surface area (Å²) in [5.41, 5.74) is 1.34. The lowest BCUT2D eigenvalue weighted by Crippen LogP contribution is -2.28. The quantitative estimate of drug-likeness (QED) is 0.588. The highest BCUT2D eigenvalue weighted by Gasteiger charge is 2.23. The predicted molar refractivity (Wildman–Crippen MR) is 74.6 cm³/mol. The number of nitrogens with zero attached hydrogens (tertiary/aromatic N) is 2. The van der Waals surface area contributed by atoms with Crippen LogP contribution in [0.1, 0.15) is 25.7 Å². The topological polar surface area (TPSA) is 104 Å². The van der Waals surface area contributed by atoms with Crippen molar-refractivity contribution in [3.05, 3.63) is 28.4 Å². The van der Waals surface area contributed by atoms with Gasteiger partial charge in [0.1, 0.15) is 5.69 Å². The van der Waals surface area contributed by atoms with E-state index < -0.39 is 0 Å². The number of aliphatic hydroxyl groups is 1. The third-order valence-electron chi connectivity index (χ3n) is 3.81. The number of aromatic amines is 1. The van der Waals surface area contributed by atoms with E-state index in [1.807, 2.05) is 0 Å². The molecule has 0 spiro atoms. The van der Waals surface area contributed by atoms with Gasteiger partial charge in [-0.05, 0) is 31.7 Å². The number of anilines is 1. The molecule has 1 saturated carbocycles. The zero-order valence-corrected chi connectivity index (χ0v) is 10.9. The maximum atomic E-state index is 11.2. The summed E-state index contributed by atoms with van der Waals surface area (Å²) in [6.07, 6.45) is 4.44. The molecule has 1 heterocycles. The van der Waals surface area contributed by atoms with Gasteiger partial charge in [0.15, 0.2) is 0 Å². The number of hydrogen-bond acceptors (Lipinski definition) is 5. The molecule has 20 heavy (non-hydrogen) atoms. The van der Waals surface area contributed by atoms with Crippen LogP contribution < -0.4 is 5.32 Å². The third-order valence-corrected chi connectivity index (χ3v) is 3.81. The molecule has 7 heteroatoms. The Labute approximate surface area is 115 Å². The van der Waals surface area contributed by atoms with E-state index in [0.717, 1.165) is 36.6 Å². The summed E-state index contributed by atoms with van der Waals surface area (Å²) < 4.78 is 0. The van der Waals surface area contributed by atoms with E-state index in [1.54, 1.807) is 12.3 Å². The number of nitro groups is 1. The molecule has 1 aromatic heterocycles. The normalized spacial score (nSPS) is 22.9. The van der Waals surface area contributed by atoms with Crippen LogP contribution in [0.4, 0.5) is 11.4 Å². The Morgan fingerprint density at radius 3 is 2.80 bits per heavy atom. The first kappa shape index (κ1) is 12.9. The van der Waals surface area contributed by atoms with E-state index in [1.165, 1.54) is 6.07 Å². The predicted octanol–water partition coefficient (Wildman–Crippen LogP) is 2.19. The SMILES string of the molecule is O=[N+]([O-])c1cc2cn[nH]c2cc1NC1CCC(O)CC1. The van der Waals surface area contributed by atoms with Crippen LogP contribution in [0.2, 0.25) is 0 Å². The van der Waals surface area contributed by atoms with Crippen LogP contribution in [0.5, 0.6) is 0 Å². The first-order chi connectivity index (χ1) is 9.63. The van der Waals surface area contributed by atoms with Gasteiger partial charge in [0.25, 0.3) is 5.69 Å². The lowest BCUT2D eigenvalue weighted by Gasteiger charge is -2.26. The molecule has 0 radical (unpaired) electrons. The van der Waals surface area contributed by atoms with Gasteiger partial charge in [-0.25, -0.2) is 0 Å². The first-order valence-corrected chi connectivity index (χ1v) is 6.69. The molecule has 2 aromatic rings. The summed E-state index contributed by atoms with van der Waals surface area (Å²) in [5, 5.41) is 31.3. The highest BCUT2D eigenvalue weighted by molar-refractivity contribution is 5.87. The summed E-state index contributed by atoms with van der Waals surface area (Å²) in [6.45, 7) is 0. The average molecular weight is 276 g/mol. The highest BCUT2D eigenvalue weighted by Crippen LogP contribution is 2.31. The number of hydrogen-bond donors (Lipinski definition) is 3. The largest absolute Gasteiger partial charge is 0.393 e. The Morgan fingerprint density at radius 1 is 1.35 bits per heavy atom. The van der Waals surface area contributed by atoms with Gasteiger partial charge in [0.05, 0.1) is 22.7 Å². The van der Waals surface area contributed by atoms with Crippen molar-refractivity contribution in [3.63, 3.8) is 0 Å². The molecule has 7 nitrogen and oxygen atoms in total. The standard InChI is InChI=1S/C13H16N4O3/c18-10-3-1-9(2-4-10)15-12-6-11-8(7-14-16-11)5-13(12)17(19)20/h5-7,9-10,15,18H,1-4H2,(H,14,16). The fourth-order valence-electron chi connectivity index (χ4n) is 2.69. The van der Waals surface area contributed by atoms with E-state index in [4.69, 9.17) is 0 Å². The molecule has 0 bridgehead atoms. The molecule has 1 fully saturated rings. The highest BCUT2D eigenvalue weighted by atomic mass is 16.6. The smallest absolute Gasteiger partial charge is 0.293 e. The molecular weight excluding hydrogens is 260 g/mol. The van der Waals surface area contributed by atoms with Crippen LogP contribution in [-0.2, 0) is 0 Å². The van der Waals surface area contributed by atoms with Crippen LogP contribution in [0.3, 0.4) is 0 Å². The van der Waals surface area contributed by atoms with Crippen molar-refractivity contribution >= 4 is 22.3 Å². The minimum atomic E-state index is -0.382. The van der Waals surface area contributed by atoms with E-state index >= 15 is 0 Å². The number of benzene rings is 1. The molecule has 1 aromatic carbocycles. The van der Waals surface area contributed by atoms with E-state index in [9.17, 15) is 15.2 Å². The van der Waals surface area contributed by atoms with Gasteiger partial charge in [-0.1, -0.05) is 0 Å². The van der Waals surface area contributed by atoms with Crippen molar-refractivity contribution in [2.24, 2.45) is 0 Å². The minimum Gasteiger partial charge on any atom is -0.393 e. The van der Waals surface area contributed by atoms with Crippen LogP contribution in [0, 0.1) is 10.1 Å². The number of aromatic nitrogens is 2. The Morgan fingerprint density at radius 2 is 2.10 bits per heavy atom. The van der Waals surface area contributed by atoms with Crippen LogP contribution in [-0.4, -0.2) is 32.4 Å². The molecular formula is C13H16N4O3. The van der Waals surface area contributed by atoms with Crippen molar-refractivity contribution < 1.29 is 10.0 Å². The van der Waals surface area contributed by atoms with Gasteiger partial charge >= 0.3 is 0 Å². The summed E-state index contributed by atoms with van der Waals surface area (Å²) in [6, 6.07) is 3.42. The molecule has 0 atom stereocenters. The summed E-state index contributed by atoms with van der Waals surface area (Å²) in [4.78, 5) is 10.8. The zero-order valence-electron chi connectivity index (χ0n) is 10.9. The monoisotopic (exact) mass is 276 g/mol. The third kappa shape index (κ3) is 2.44. The van der Waals surface area contributed by atoms with Gasteiger partial charge in [0, 0.05) is 17.5 Å². The molecule has 106 valence electrons. The van der Waals surface area contributed by atoms with E-state index in [2.05, 4.69) is 15.5 Å². The van der Waals surface area contributed by atoms with Crippen LogP contribution in [0.25, 0.3) is 10.9 Å². The first-order valence-electron chi connectivity index (χ1n) is 6.69. The molecule has 0 saturated heterocycles. The van der Waals surface area contributed by atoms with Gasteiger partial charge in [-0.2, -0.15) is 5.10 Å². The number of nitrogens with one attached hydrogen (secondary N) is 2. The molecule has 3 rings (SSSR count). The Balaban J connectivity index is 1.88. The van der Waals surface area contributed by atoms with Crippen LogP contribution >= 0.6 is 0 Å². The zero-order chi connectivity index (χ0) is 14.1. The molecule has 3 N–H and O–H groups in total. The molecule has 0 aliphatic heterocycles. The van der Waals surface area contributed by atoms with Crippen LogP contribution in [0.15, 0.2) is 18.3 Å². The van der Waals surface area contributed by atoms with Crippen molar-refractivity contribution in [2.45, 2.75) is 37.8 Å². The number of nitro benzene ring substituents is 1. The molecule has 0 unspecified atom stereocenters. The second-order valence-corrected chi connectivity index (χ2v) is 5.23. The number of fused-ring (bicyclic) bond motifs is 1. The van der Waals surface area contributed by atoms with Gasteiger partial charge in [0.2, 0.25) is 0 Å². The van der Waals surface area contributed by atoms with Gasteiger partial charge < -0.3 is 10.4 Å². The average Bonchev–Trinajstić information content (AvgIpc) is 2.87. The van der Waals surface area contributed by atoms with E-state index in [0.29, 0.717) is 5.69 Å². The maximum Gasteiger partial charge on any atom is 0.293 e. The lowest BCUT2D eigenvalue weighted by atomic mass is 9.93. The van der Waals surface area contributed by atoms with Crippen molar-refractivity contribution in [1.29, 1.82) is 0 Å². The van der Waals surface area contributed by atoms with Crippen molar-refractivity contribution in [1.82, 2.24) is 10.2 Å². The Hall–Kier alpha value is -2.15. The minimum absolute atomic E-state index is 0.0602. The van der Waals surface area contributed by atoms with Crippen molar-refractivity contribution in [3.8, 4) is 0 Å². The van der Waals surface area contributed by atoms with Crippen molar-refractivity contribution in [2.75, 3.05) is 5.32 Å². The number of rotatable bonds is 3. The number of aliphatic hydroxyl groups excluding tert-OH is 1. The molecule has 0 amide bonds. The van der Waals surface area contributed by atoms with Gasteiger partial charge in [-0.15, -0.1) is 0 Å². The summed E-state index contributed by atoms with van der Waals surface area (Å²) in [7, 11) is 0. The molecule has 1 aliphatic carbocycles. The lowest BCUT2D eigenvalue weighted by molar-refractivity contribution is -0.383. The maximum absolute atomic E-state index is 11.2. The van der Waals surface area contributed by atoms with E-state index in [-0.39, 0.29) is 22.8 Å². The fraction of sp³-hybridized carbons (Fsp3) is 0.462. The number of H-pyrrole nitrogens is 1. The summed E-state index contributed by atoms with van der Waals surface area (Å²) >= 11 is 0. The fourth-order valence-corrected chi connectivity index (χ4v) is 2.69.